The van der Waals surface area contributed by atoms with Crippen molar-refractivity contribution >= 4 is 5.97 Å². The largest absolute Gasteiger partial charge is 0.495 e. The molecule has 0 radical (unpaired) electrons. The quantitative estimate of drug-likeness (QED) is 0.443. The summed E-state index contributed by atoms with van der Waals surface area (Å²) >= 11 is 0. The van der Waals surface area contributed by atoms with Crippen LogP contribution in [0.15, 0.2) is 24.0 Å². The Morgan fingerprint density at radius 1 is 1.36 bits per heavy atom. The Bertz CT molecular complexity index is 482. The lowest BCUT2D eigenvalue weighted by molar-refractivity contribution is -0.137. The average molecular weight is 350 g/mol. The predicted octanol–water partition coefficient (Wildman–Crippen LogP) is 4.68. The molecule has 5 atom stereocenters. The summed E-state index contributed by atoms with van der Waals surface area (Å²) in [6.45, 7) is 4.48. The fraction of sp³-hybridized carbons (Fsp3) is 0.762. The molecule has 0 amide bonds. The molecule has 142 valence electrons. The van der Waals surface area contributed by atoms with Gasteiger partial charge in [0.05, 0.1) is 11.9 Å². The van der Waals surface area contributed by atoms with Crippen LogP contribution < -0.4 is 0 Å². The molecule has 0 bridgehead atoms. The molecule has 4 heteroatoms. The SMILES string of the molecule is CCCCC[C@H](C)/C=C/[C@@H]1[C@H]2C/C(=C/CCCC(=O)O)O[C@H]2C[C@H]1O. The van der Waals surface area contributed by atoms with Crippen molar-refractivity contribution in [3.05, 3.63) is 24.0 Å². The number of aliphatic hydroxyl groups excluding tert-OH is 1. The molecule has 2 N–H and O–H groups in total. The second kappa shape index (κ2) is 10.0. The monoisotopic (exact) mass is 350 g/mol. The fourth-order valence-corrected chi connectivity index (χ4v) is 4.03. The Morgan fingerprint density at radius 3 is 2.88 bits per heavy atom. The van der Waals surface area contributed by atoms with Crippen LogP contribution in [0.1, 0.15) is 71.6 Å². The summed E-state index contributed by atoms with van der Waals surface area (Å²) in [7, 11) is 0. The molecule has 25 heavy (non-hydrogen) atoms. The number of unbranched alkanes of at least 4 members (excludes halogenated alkanes) is 3. The number of ether oxygens (including phenoxy) is 1. The van der Waals surface area contributed by atoms with Crippen molar-refractivity contribution in [2.75, 3.05) is 0 Å². The summed E-state index contributed by atoms with van der Waals surface area (Å²) in [4.78, 5) is 10.6. The van der Waals surface area contributed by atoms with Crippen LogP contribution in [0.5, 0.6) is 0 Å². The third-order valence-electron chi connectivity index (χ3n) is 5.52. The van der Waals surface area contributed by atoms with Crippen LogP contribution in [0, 0.1) is 17.8 Å². The lowest BCUT2D eigenvalue weighted by Crippen LogP contribution is -2.17. The van der Waals surface area contributed by atoms with Gasteiger partial charge in [0.2, 0.25) is 0 Å². The van der Waals surface area contributed by atoms with E-state index in [0.717, 1.165) is 18.6 Å². The first-order valence-electron chi connectivity index (χ1n) is 9.95. The number of rotatable bonds is 10. The van der Waals surface area contributed by atoms with Crippen molar-refractivity contribution in [2.45, 2.75) is 83.8 Å². The maximum atomic E-state index is 10.6. The second-order valence-electron chi connectivity index (χ2n) is 7.72. The summed E-state index contributed by atoms with van der Waals surface area (Å²) in [6, 6.07) is 0. The maximum Gasteiger partial charge on any atom is 0.303 e. The highest BCUT2D eigenvalue weighted by Crippen LogP contribution is 2.45. The molecule has 0 unspecified atom stereocenters. The molecule has 2 aliphatic rings. The van der Waals surface area contributed by atoms with E-state index in [9.17, 15) is 9.90 Å². The van der Waals surface area contributed by atoms with Gasteiger partial charge in [0.15, 0.2) is 0 Å². The number of fused-ring (bicyclic) bond motifs is 1. The number of hydrogen-bond donors (Lipinski definition) is 2. The Kier molecular flexibility index (Phi) is 8.01. The fourth-order valence-electron chi connectivity index (χ4n) is 4.03. The highest BCUT2D eigenvalue weighted by molar-refractivity contribution is 5.66. The molecule has 0 aromatic rings. The molecule has 2 fully saturated rings. The molecule has 4 nitrogen and oxygen atoms in total. The summed E-state index contributed by atoms with van der Waals surface area (Å²) in [5.41, 5.74) is 0. The van der Waals surface area contributed by atoms with Gasteiger partial charge in [-0.2, -0.15) is 0 Å². The van der Waals surface area contributed by atoms with E-state index >= 15 is 0 Å². The van der Waals surface area contributed by atoms with E-state index in [2.05, 4.69) is 26.0 Å². The smallest absolute Gasteiger partial charge is 0.303 e. The van der Waals surface area contributed by atoms with Gasteiger partial charge < -0.3 is 14.9 Å². The number of carboxylic acids is 1. The minimum atomic E-state index is -0.746. The van der Waals surface area contributed by atoms with Crippen molar-refractivity contribution in [2.24, 2.45) is 17.8 Å². The van der Waals surface area contributed by atoms with Crippen LogP contribution in [-0.4, -0.2) is 28.4 Å². The highest BCUT2D eigenvalue weighted by Gasteiger charge is 2.46. The van der Waals surface area contributed by atoms with Gasteiger partial charge in [-0.05, 0) is 31.3 Å². The number of hydrogen-bond acceptors (Lipinski definition) is 3. The minimum absolute atomic E-state index is 0.116. The first kappa shape index (κ1) is 20.0. The van der Waals surface area contributed by atoms with Crippen LogP contribution in [0.2, 0.25) is 0 Å². The number of aliphatic hydroxyl groups is 1. The van der Waals surface area contributed by atoms with Crippen LogP contribution in [-0.2, 0) is 9.53 Å². The van der Waals surface area contributed by atoms with E-state index in [1.54, 1.807) is 0 Å². The number of carbonyl (C=O) groups is 1. The van der Waals surface area contributed by atoms with Crippen LogP contribution in [0.4, 0.5) is 0 Å². The van der Waals surface area contributed by atoms with Crippen LogP contribution >= 0.6 is 0 Å². The van der Waals surface area contributed by atoms with Gasteiger partial charge in [0, 0.05) is 31.1 Å². The Labute approximate surface area is 152 Å². The molecule has 1 aliphatic heterocycles. The van der Waals surface area contributed by atoms with Gasteiger partial charge in [0.1, 0.15) is 6.10 Å². The van der Waals surface area contributed by atoms with E-state index in [0.29, 0.717) is 24.7 Å². The summed E-state index contributed by atoms with van der Waals surface area (Å²) < 4.78 is 6.00. The van der Waals surface area contributed by atoms with Crippen LogP contribution in [0.25, 0.3) is 0 Å². The molecule has 0 aromatic carbocycles. The van der Waals surface area contributed by atoms with Gasteiger partial charge in [-0.15, -0.1) is 0 Å². The van der Waals surface area contributed by atoms with E-state index in [1.165, 1.54) is 25.7 Å². The summed E-state index contributed by atoms with van der Waals surface area (Å²) in [5.74, 6) is 1.35. The minimum Gasteiger partial charge on any atom is -0.495 e. The first-order valence-corrected chi connectivity index (χ1v) is 9.95. The Morgan fingerprint density at radius 2 is 2.16 bits per heavy atom. The zero-order valence-corrected chi connectivity index (χ0v) is 15.7. The van der Waals surface area contributed by atoms with Crippen molar-refractivity contribution in [1.29, 1.82) is 0 Å². The predicted molar refractivity (Wildman–Crippen MR) is 99.1 cm³/mol. The Balaban J connectivity index is 1.83. The molecule has 2 rings (SSSR count). The van der Waals surface area contributed by atoms with Gasteiger partial charge >= 0.3 is 5.97 Å². The normalized spacial score (nSPS) is 31.4. The van der Waals surface area contributed by atoms with Gasteiger partial charge in [-0.3, -0.25) is 4.79 Å². The second-order valence-corrected chi connectivity index (χ2v) is 7.72. The zero-order chi connectivity index (χ0) is 18.2. The number of allylic oxidation sites excluding steroid dienone is 3. The van der Waals surface area contributed by atoms with Gasteiger partial charge in [0.25, 0.3) is 0 Å². The third kappa shape index (κ3) is 6.18. The molecule has 1 aliphatic carbocycles. The maximum absolute atomic E-state index is 10.6. The topological polar surface area (TPSA) is 66.8 Å². The van der Waals surface area contributed by atoms with Crippen molar-refractivity contribution in [1.82, 2.24) is 0 Å². The molecule has 1 saturated heterocycles. The van der Waals surface area contributed by atoms with Crippen molar-refractivity contribution < 1.29 is 19.7 Å². The van der Waals surface area contributed by atoms with Crippen LogP contribution in [0.3, 0.4) is 0 Å². The molecule has 1 heterocycles. The summed E-state index contributed by atoms with van der Waals surface area (Å²) in [6.07, 6.45) is 14.6. The molecular weight excluding hydrogens is 316 g/mol. The van der Waals surface area contributed by atoms with Crippen molar-refractivity contribution in [3.8, 4) is 0 Å². The van der Waals surface area contributed by atoms with Gasteiger partial charge in [-0.25, -0.2) is 0 Å². The van der Waals surface area contributed by atoms with Crippen molar-refractivity contribution in [3.63, 3.8) is 0 Å². The number of aliphatic carboxylic acids is 1. The lowest BCUT2D eigenvalue weighted by Gasteiger charge is -2.16. The standard InChI is InChI=1S/C21H34O4/c1-3-4-5-8-15(2)11-12-17-18-13-16(9-6-7-10-21(23)24)25-20(18)14-19(17)22/h9,11-12,15,17-20,22H,3-8,10,13-14H2,1-2H3,(H,23,24)/b12-11+,16-9-/t15-,17+,18+,19+,20-/m0/s1. The molecule has 0 aromatic heterocycles. The third-order valence-corrected chi connectivity index (χ3v) is 5.52. The van der Waals surface area contributed by atoms with E-state index in [1.807, 2.05) is 6.08 Å². The molecule has 0 spiro atoms. The first-order chi connectivity index (χ1) is 12.0. The molecular formula is C21H34O4. The average Bonchev–Trinajstić information content (AvgIpc) is 3.06. The highest BCUT2D eigenvalue weighted by atomic mass is 16.5. The van der Waals surface area contributed by atoms with E-state index in [-0.39, 0.29) is 24.5 Å². The number of carboxylic acid groups (broad SMARTS) is 1. The Hall–Kier alpha value is -1.29. The molecule has 1 saturated carbocycles. The van der Waals surface area contributed by atoms with E-state index < -0.39 is 5.97 Å². The van der Waals surface area contributed by atoms with Gasteiger partial charge in [-0.1, -0.05) is 45.3 Å². The zero-order valence-electron chi connectivity index (χ0n) is 15.7. The lowest BCUT2D eigenvalue weighted by atomic mass is 9.89. The van der Waals surface area contributed by atoms with E-state index in [4.69, 9.17) is 9.84 Å². The summed E-state index contributed by atoms with van der Waals surface area (Å²) in [5, 5.41) is 19.1.